The molecule has 1 heterocycles. The minimum absolute atomic E-state index is 0.817. The van der Waals surface area contributed by atoms with Gasteiger partial charge in [-0.15, -0.1) is 0 Å². The summed E-state index contributed by atoms with van der Waals surface area (Å²) in [6.07, 6.45) is 2.70. The predicted octanol–water partition coefficient (Wildman–Crippen LogP) is 5.25. The van der Waals surface area contributed by atoms with E-state index in [4.69, 9.17) is 4.42 Å². The van der Waals surface area contributed by atoms with Gasteiger partial charge in [0.25, 0.3) is 0 Å². The summed E-state index contributed by atoms with van der Waals surface area (Å²) >= 11 is 0. The van der Waals surface area contributed by atoms with Crippen LogP contribution in [-0.2, 0) is 6.42 Å². The molecule has 2 aromatic carbocycles. The molecule has 24 heavy (non-hydrogen) atoms. The van der Waals surface area contributed by atoms with E-state index in [0.29, 0.717) is 0 Å². The average molecular weight is 320 g/mol. The molecule has 0 aliphatic carbocycles. The van der Waals surface area contributed by atoms with Gasteiger partial charge in [0.2, 0.25) is 0 Å². The summed E-state index contributed by atoms with van der Waals surface area (Å²) < 4.78 is 6.12. The highest BCUT2D eigenvalue weighted by molar-refractivity contribution is 5.90. The van der Waals surface area contributed by atoms with E-state index in [1.807, 2.05) is 31.6 Å². The van der Waals surface area contributed by atoms with E-state index in [2.05, 4.69) is 54.9 Å². The van der Waals surface area contributed by atoms with Gasteiger partial charge in [0.15, 0.2) is 0 Å². The van der Waals surface area contributed by atoms with Crippen LogP contribution >= 0.6 is 0 Å². The van der Waals surface area contributed by atoms with Crippen molar-refractivity contribution in [2.75, 3.05) is 13.6 Å². The maximum Gasteiger partial charge on any atom is 0.134 e. The highest BCUT2D eigenvalue weighted by Crippen LogP contribution is 2.34. The van der Waals surface area contributed by atoms with Crippen molar-refractivity contribution in [2.45, 2.75) is 27.2 Å². The molecule has 0 fully saturated rings. The normalized spacial score (nSPS) is 11.5. The first kappa shape index (κ1) is 16.3. The van der Waals surface area contributed by atoms with Crippen molar-refractivity contribution in [2.24, 2.45) is 4.99 Å². The van der Waals surface area contributed by atoms with E-state index in [1.54, 1.807) is 0 Å². The predicted molar refractivity (Wildman–Crippen MR) is 101 cm³/mol. The van der Waals surface area contributed by atoms with Crippen LogP contribution in [0, 0.1) is 13.8 Å². The van der Waals surface area contributed by atoms with Crippen LogP contribution in [0.25, 0.3) is 11.0 Å². The van der Waals surface area contributed by atoms with Crippen molar-refractivity contribution >= 4 is 23.0 Å². The summed E-state index contributed by atoms with van der Waals surface area (Å²) in [4.78, 5) is 6.68. The van der Waals surface area contributed by atoms with Crippen LogP contribution in [0.3, 0.4) is 0 Å². The molecule has 0 spiro atoms. The Morgan fingerprint density at radius 2 is 1.79 bits per heavy atom. The van der Waals surface area contributed by atoms with Gasteiger partial charge >= 0.3 is 0 Å². The van der Waals surface area contributed by atoms with Gasteiger partial charge in [-0.25, -0.2) is 4.99 Å². The first-order valence-electron chi connectivity index (χ1n) is 8.40. The Bertz CT molecular complexity index is 862. The number of nitrogens with zero attached hydrogens (tertiary/aromatic N) is 2. The average Bonchev–Trinajstić information content (AvgIpc) is 2.91. The van der Waals surface area contributed by atoms with Crippen molar-refractivity contribution < 1.29 is 4.42 Å². The van der Waals surface area contributed by atoms with Crippen LogP contribution in [0.4, 0.5) is 5.69 Å². The Hall–Kier alpha value is -2.55. The minimum Gasteiger partial charge on any atom is -0.460 e. The lowest BCUT2D eigenvalue weighted by molar-refractivity contribution is 0.552. The molecule has 0 amide bonds. The second kappa shape index (κ2) is 6.91. The standard InChI is InChI=1S/C21H24N2O/c1-5-23(4)14-22-18-11-12-19-21(15(18)2)16(3)20(24-19)13-17-9-7-6-8-10-17/h6-12,14H,5,13H2,1-4H3. The van der Waals surface area contributed by atoms with E-state index in [-0.39, 0.29) is 0 Å². The van der Waals surface area contributed by atoms with Gasteiger partial charge in [0.1, 0.15) is 11.3 Å². The summed E-state index contributed by atoms with van der Waals surface area (Å²) in [6.45, 7) is 7.31. The summed E-state index contributed by atoms with van der Waals surface area (Å²) in [6, 6.07) is 14.5. The summed E-state index contributed by atoms with van der Waals surface area (Å²) in [5.74, 6) is 1.03. The number of benzene rings is 2. The number of furan rings is 1. The van der Waals surface area contributed by atoms with E-state index in [0.717, 1.165) is 30.0 Å². The Labute approximate surface area is 143 Å². The molecule has 0 saturated carbocycles. The number of hydrogen-bond donors (Lipinski definition) is 0. The third-order valence-electron chi connectivity index (χ3n) is 4.52. The van der Waals surface area contributed by atoms with E-state index in [1.165, 1.54) is 22.1 Å². The molecule has 0 aliphatic rings. The van der Waals surface area contributed by atoms with Crippen molar-refractivity contribution in [1.29, 1.82) is 0 Å². The van der Waals surface area contributed by atoms with Gasteiger partial charge in [-0.1, -0.05) is 30.3 Å². The lowest BCUT2D eigenvalue weighted by Crippen LogP contribution is -2.14. The lowest BCUT2D eigenvalue weighted by atomic mass is 10.0. The molecular weight excluding hydrogens is 296 g/mol. The molecule has 1 aromatic heterocycles. The number of aryl methyl sites for hydroxylation is 2. The molecule has 0 N–H and O–H groups in total. The molecule has 3 heteroatoms. The summed E-state index contributed by atoms with van der Waals surface area (Å²) in [5, 5.41) is 1.19. The maximum atomic E-state index is 6.12. The van der Waals surface area contributed by atoms with Gasteiger partial charge in [0, 0.05) is 25.4 Å². The van der Waals surface area contributed by atoms with Gasteiger partial charge in [0.05, 0.1) is 12.0 Å². The Kier molecular flexibility index (Phi) is 4.70. The third kappa shape index (κ3) is 3.21. The summed E-state index contributed by atoms with van der Waals surface area (Å²) in [5.41, 5.74) is 5.60. The second-order valence-electron chi connectivity index (χ2n) is 6.21. The smallest absolute Gasteiger partial charge is 0.134 e. The molecule has 0 unspecified atom stereocenters. The van der Waals surface area contributed by atoms with Gasteiger partial charge < -0.3 is 9.32 Å². The van der Waals surface area contributed by atoms with Gasteiger partial charge in [-0.05, 0) is 49.6 Å². The number of fused-ring (bicyclic) bond motifs is 1. The Morgan fingerprint density at radius 1 is 1.04 bits per heavy atom. The first-order chi connectivity index (χ1) is 11.6. The van der Waals surface area contributed by atoms with E-state index < -0.39 is 0 Å². The van der Waals surface area contributed by atoms with Crippen LogP contribution in [0.15, 0.2) is 51.9 Å². The number of hydrogen-bond acceptors (Lipinski definition) is 2. The lowest BCUT2D eigenvalue weighted by Gasteiger charge is -2.09. The fraction of sp³-hybridized carbons (Fsp3) is 0.286. The van der Waals surface area contributed by atoms with Crippen LogP contribution in [0.1, 0.15) is 29.4 Å². The van der Waals surface area contributed by atoms with E-state index >= 15 is 0 Å². The van der Waals surface area contributed by atoms with Crippen LogP contribution in [0.2, 0.25) is 0 Å². The molecule has 0 aliphatic heterocycles. The molecule has 3 aromatic rings. The second-order valence-corrected chi connectivity index (χ2v) is 6.21. The van der Waals surface area contributed by atoms with Gasteiger partial charge in [-0.3, -0.25) is 0 Å². The molecule has 3 nitrogen and oxygen atoms in total. The van der Waals surface area contributed by atoms with Crippen molar-refractivity contribution in [3.8, 4) is 0 Å². The first-order valence-corrected chi connectivity index (χ1v) is 8.40. The van der Waals surface area contributed by atoms with Crippen molar-refractivity contribution in [3.05, 3.63) is 64.9 Å². The summed E-state index contributed by atoms with van der Waals surface area (Å²) in [7, 11) is 2.03. The fourth-order valence-corrected chi connectivity index (χ4v) is 2.91. The van der Waals surface area contributed by atoms with Gasteiger partial charge in [-0.2, -0.15) is 0 Å². The van der Waals surface area contributed by atoms with E-state index in [9.17, 15) is 0 Å². The minimum atomic E-state index is 0.817. The zero-order valence-electron chi connectivity index (χ0n) is 14.8. The molecule has 0 atom stereocenters. The fourth-order valence-electron chi connectivity index (χ4n) is 2.91. The van der Waals surface area contributed by atoms with Crippen LogP contribution < -0.4 is 0 Å². The molecule has 0 bridgehead atoms. The highest BCUT2D eigenvalue weighted by atomic mass is 16.3. The SMILES string of the molecule is CCN(C)C=Nc1ccc2oc(Cc3ccccc3)c(C)c2c1C. The molecule has 124 valence electrons. The number of rotatable bonds is 5. The quantitative estimate of drug-likeness (QED) is 0.474. The molecule has 0 saturated heterocycles. The topological polar surface area (TPSA) is 28.7 Å². The zero-order valence-corrected chi connectivity index (χ0v) is 14.8. The maximum absolute atomic E-state index is 6.12. The number of aliphatic imine (C=N–C) groups is 1. The monoisotopic (exact) mass is 320 g/mol. The molecular formula is C21H24N2O. The Balaban J connectivity index is 1.99. The van der Waals surface area contributed by atoms with Crippen LogP contribution in [-0.4, -0.2) is 24.8 Å². The third-order valence-corrected chi connectivity index (χ3v) is 4.52. The zero-order chi connectivity index (χ0) is 17.1. The molecule has 0 radical (unpaired) electrons. The highest BCUT2D eigenvalue weighted by Gasteiger charge is 2.14. The largest absolute Gasteiger partial charge is 0.460 e. The Morgan fingerprint density at radius 3 is 2.50 bits per heavy atom. The van der Waals surface area contributed by atoms with Crippen molar-refractivity contribution in [1.82, 2.24) is 4.90 Å². The van der Waals surface area contributed by atoms with Crippen LogP contribution in [0.5, 0.6) is 0 Å². The van der Waals surface area contributed by atoms with Crippen molar-refractivity contribution in [3.63, 3.8) is 0 Å². The molecule has 3 rings (SSSR count).